The molecule has 0 bridgehead atoms. The van der Waals surface area contributed by atoms with Crippen molar-refractivity contribution in [3.63, 3.8) is 0 Å². The molecule has 1 fully saturated rings. The standard InChI is InChI=1S/C15H16N4S3/c1-2-5-11(6-3-1)19-13(12-7-4-9-20-12)17-18-14(19)22-15-16-8-10-21-15/h4,7-11H,1-3,5-6H2. The smallest absolute Gasteiger partial charge is 0.198 e. The lowest BCUT2D eigenvalue weighted by Gasteiger charge is -2.25. The first-order valence-corrected chi connectivity index (χ1v) is 10.1. The molecular weight excluding hydrogens is 332 g/mol. The van der Waals surface area contributed by atoms with Crippen LogP contribution in [0.4, 0.5) is 0 Å². The molecule has 4 nitrogen and oxygen atoms in total. The van der Waals surface area contributed by atoms with Crippen LogP contribution < -0.4 is 0 Å². The van der Waals surface area contributed by atoms with E-state index < -0.39 is 0 Å². The predicted molar refractivity (Wildman–Crippen MR) is 91.7 cm³/mol. The van der Waals surface area contributed by atoms with Gasteiger partial charge in [0, 0.05) is 17.6 Å². The van der Waals surface area contributed by atoms with Crippen molar-refractivity contribution in [2.75, 3.05) is 0 Å². The Morgan fingerprint density at radius 2 is 2.00 bits per heavy atom. The second-order valence-electron chi connectivity index (χ2n) is 5.35. The Balaban J connectivity index is 1.74. The van der Waals surface area contributed by atoms with Crippen LogP contribution in [0.3, 0.4) is 0 Å². The molecule has 0 unspecified atom stereocenters. The summed E-state index contributed by atoms with van der Waals surface area (Å²) in [5.74, 6) is 1.01. The SMILES string of the molecule is c1csc(-c2nnc(Sc3nccs3)n2C2CCCCC2)c1. The van der Waals surface area contributed by atoms with Crippen LogP contribution in [0.25, 0.3) is 10.7 Å². The Labute approximate surface area is 141 Å². The minimum Gasteiger partial charge on any atom is -0.298 e. The largest absolute Gasteiger partial charge is 0.298 e. The normalized spacial score (nSPS) is 16.2. The van der Waals surface area contributed by atoms with E-state index in [0.717, 1.165) is 15.3 Å². The van der Waals surface area contributed by atoms with Crippen molar-refractivity contribution in [1.82, 2.24) is 19.7 Å². The molecule has 4 rings (SSSR count). The number of aromatic nitrogens is 4. The quantitative estimate of drug-likeness (QED) is 0.656. The van der Waals surface area contributed by atoms with E-state index in [4.69, 9.17) is 0 Å². The van der Waals surface area contributed by atoms with Crippen molar-refractivity contribution in [2.45, 2.75) is 47.6 Å². The third kappa shape index (κ3) is 2.85. The third-order valence-electron chi connectivity index (χ3n) is 3.93. The summed E-state index contributed by atoms with van der Waals surface area (Å²) in [5, 5.41) is 14.0. The molecule has 0 radical (unpaired) electrons. The van der Waals surface area contributed by atoms with Gasteiger partial charge in [-0.25, -0.2) is 4.98 Å². The van der Waals surface area contributed by atoms with Crippen LogP contribution in [-0.2, 0) is 0 Å². The fourth-order valence-corrected chi connectivity index (χ4v) is 5.26. The second kappa shape index (κ2) is 6.52. The molecule has 0 N–H and O–H groups in total. The summed E-state index contributed by atoms with van der Waals surface area (Å²) in [7, 11) is 0. The highest BCUT2D eigenvalue weighted by atomic mass is 32.2. The van der Waals surface area contributed by atoms with Crippen LogP contribution in [0.15, 0.2) is 38.6 Å². The van der Waals surface area contributed by atoms with E-state index in [0.29, 0.717) is 6.04 Å². The molecule has 1 aliphatic carbocycles. The van der Waals surface area contributed by atoms with Crippen molar-refractivity contribution in [1.29, 1.82) is 0 Å². The molecular formula is C15H16N4S3. The Hall–Kier alpha value is -1.18. The molecule has 0 amide bonds. The average Bonchev–Trinajstić information content (AvgIpc) is 3.30. The van der Waals surface area contributed by atoms with Gasteiger partial charge in [-0.1, -0.05) is 25.3 Å². The van der Waals surface area contributed by atoms with Crippen molar-refractivity contribution in [3.05, 3.63) is 29.1 Å². The number of thiazole rings is 1. The van der Waals surface area contributed by atoms with Crippen molar-refractivity contribution < 1.29 is 0 Å². The zero-order chi connectivity index (χ0) is 14.8. The van der Waals surface area contributed by atoms with Crippen LogP contribution in [0.2, 0.25) is 0 Å². The lowest BCUT2D eigenvalue weighted by molar-refractivity contribution is 0.339. The van der Waals surface area contributed by atoms with Crippen LogP contribution in [0.1, 0.15) is 38.1 Å². The average molecular weight is 349 g/mol. The number of thiophene rings is 1. The number of nitrogens with zero attached hydrogens (tertiary/aromatic N) is 4. The monoisotopic (exact) mass is 348 g/mol. The summed E-state index contributed by atoms with van der Waals surface area (Å²) in [5.41, 5.74) is 0. The van der Waals surface area contributed by atoms with Gasteiger partial charge in [0.05, 0.1) is 4.88 Å². The maximum absolute atomic E-state index is 4.49. The minimum absolute atomic E-state index is 0.517. The lowest BCUT2D eigenvalue weighted by atomic mass is 9.95. The Bertz CT molecular complexity index is 712. The van der Waals surface area contributed by atoms with Gasteiger partial charge in [0.1, 0.15) is 0 Å². The summed E-state index contributed by atoms with van der Waals surface area (Å²) < 4.78 is 3.39. The highest BCUT2D eigenvalue weighted by Crippen LogP contribution is 2.38. The fourth-order valence-electron chi connectivity index (χ4n) is 2.93. The summed E-state index contributed by atoms with van der Waals surface area (Å²) in [6, 6.07) is 4.72. The van der Waals surface area contributed by atoms with Crippen molar-refractivity contribution in [3.8, 4) is 10.7 Å². The second-order valence-corrected chi connectivity index (χ2v) is 8.40. The molecule has 0 spiro atoms. The first-order valence-electron chi connectivity index (χ1n) is 7.48. The molecule has 7 heteroatoms. The van der Waals surface area contributed by atoms with Gasteiger partial charge in [-0.3, -0.25) is 4.57 Å². The van der Waals surface area contributed by atoms with E-state index in [9.17, 15) is 0 Å². The Morgan fingerprint density at radius 3 is 2.73 bits per heavy atom. The predicted octanol–water partition coefficient (Wildman–Crippen LogP) is 5.12. The first-order chi connectivity index (χ1) is 10.9. The summed E-state index contributed by atoms with van der Waals surface area (Å²) in [6.45, 7) is 0. The molecule has 0 aromatic carbocycles. The molecule has 22 heavy (non-hydrogen) atoms. The fraction of sp³-hybridized carbons (Fsp3) is 0.400. The lowest BCUT2D eigenvalue weighted by Crippen LogP contribution is -2.14. The van der Waals surface area contributed by atoms with Crippen molar-refractivity contribution in [2.24, 2.45) is 0 Å². The molecule has 0 saturated heterocycles. The third-order valence-corrected chi connectivity index (χ3v) is 6.64. The summed E-state index contributed by atoms with van der Waals surface area (Å²) >= 11 is 5.02. The topological polar surface area (TPSA) is 43.6 Å². The van der Waals surface area contributed by atoms with E-state index in [1.54, 1.807) is 34.4 Å². The number of hydrogen-bond donors (Lipinski definition) is 0. The molecule has 114 valence electrons. The molecule has 0 aliphatic heterocycles. The maximum Gasteiger partial charge on any atom is 0.198 e. The zero-order valence-corrected chi connectivity index (χ0v) is 14.5. The van der Waals surface area contributed by atoms with Crippen LogP contribution >= 0.6 is 34.4 Å². The number of rotatable bonds is 4. The van der Waals surface area contributed by atoms with Gasteiger partial charge in [0.15, 0.2) is 15.3 Å². The molecule has 3 aromatic rings. The Morgan fingerprint density at radius 1 is 1.09 bits per heavy atom. The van der Waals surface area contributed by atoms with Gasteiger partial charge < -0.3 is 0 Å². The van der Waals surface area contributed by atoms with Gasteiger partial charge in [-0.15, -0.1) is 32.9 Å². The van der Waals surface area contributed by atoms with Gasteiger partial charge in [0.25, 0.3) is 0 Å². The zero-order valence-electron chi connectivity index (χ0n) is 12.0. The molecule has 1 aliphatic rings. The maximum atomic E-state index is 4.49. The Kier molecular flexibility index (Phi) is 4.27. The van der Waals surface area contributed by atoms with E-state index >= 15 is 0 Å². The van der Waals surface area contributed by atoms with E-state index in [-0.39, 0.29) is 0 Å². The summed E-state index contributed by atoms with van der Waals surface area (Å²) in [4.78, 5) is 5.57. The van der Waals surface area contributed by atoms with Gasteiger partial charge in [-0.05, 0) is 36.0 Å². The van der Waals surface area contributed by atoms with Gasteiger partial charge in [-0.2, -0.15) is 0 Å². The van der Waals surface area contributed by atoms with Crippen LogP contribution in [0.5, 0.6) is 0 Å². The van der Waals surface area contributed by atoms with E-state index in [2.05, 4.69) is 37.3 Å². The van der Waals surface area contributed by atoms with Gasteiger partial charge in [0.2, 0.25) is 0 Å². The molecule has 3 aromatic heterocycles. The number of hydrogen-bond acceptors (Lipinski definition) is 6. The van der Waals surface area contributed by atoms with Gasteiger partial charge >= 0.3 is 0 Å². The summed E-state index contributed by atoms with van der Waals surface area (Å²) in [6.07, 6.45) is 8.24. The first kappa shape index (κ1) is 14.4. The molecule has 3 heterocycles. The molecule has 1 saturated carbocycles. The van der Waals surface area contributed by atoms with E-state index in [1.807, 2.05) is 11.6 Å². The van der Waals surface area contributed by atoms with Crippen LogP contribution in [0, 0.1) is 0 Å². The minimum atomic E-state index is 0.517. The molecule has 0 atom stereocenters. The highest BCUT2D eigenvalue weighted by Gasteiger charge is 2.24. The highest BCUT2D eigenvalue weighted by molar-refractivity contribution is 8.00. The van der Waals surface area contributed by atoms with Crippen molar-refractivity contribution >= 4 is 34.4 Å². The van der Waals surface area contributed by atoms with Crippen LogP contribution in [-0.4, -0.2) is 19.7 Å². The van der Waals surface area contributed by atoms with E-state index in [1.165, 1.54) is 37.0 Å².